The van der Waals surface area contributed by atoms with Crippen LogP contribution in [0.1, 0.15) is 56.2 Å². The van der Waals surface area contributed by atoms with E-state index in [9.17, 15) is 0 Å². The van der Waals surface area contributed by atoms with Gasteiger partial charge in [0.15, 0.2) is 5.82 Å². The van der Waals surface area contributed by atoms with Crippen LogP contribution in [0.25, 0.3) is 0 Å². The lowest BCUT2D eigenvalue weighted by atomic mass is 9.72. The zero-order chi connectivity index (χ0) is 13.1. The second-order valence-corrected chi connectivity index (χ2v) is 6.05. The topological polar surface area (TPSA) is 74.2 Å². The molecule has 1 saturated carbocycles. The highest BCUT2D eigenvalue weighted by Crippen LogP contribution is 2.38. The van der Waals surface area contributed by atoms with E-state index < -0.39 is 0 Å². The number of ether oxygens (including phenoxy) is 1. The molecule has 1 saturated heterocycles. The molecule has 20 heavy (non-hydrogen) atoms. The lowest BCUT2D eigenvalue weighted by Crippen LogP contribution is -2.35. The zero-order valence-electron chi connectivity index (χ0n) is 11.8. The van der Waals surface area contributed by atoms with E-state index in [1.54, 1.807) is 0 Å². The van der Waals surface area contributed by atoms with Gasteiger partial charge in [0, 0.05) is 18.9 Å². The molecule has 0 radical (unpaired) electrons. The molecule has 1 unspecified atom stereocenters. The molecule has 2 fully saturated rings. The van der Waals surface area contributed by atoms with Crippen LogP contribution in [0, 0.1) is 5.41 Å². The van der Waals surface area contributed by atoms with Crippen molar-refractivity contribution in [2.24, 2.45) is 11.1 Å². The molecule has 1 aromatic heterocycles. The van der Waals surface area contributed by atoms with Crippen molar-refractivity contribution in [2.45, 2.75) is 50.9 Å². The quantitative estimate of drug-likeness (QED) is 0.924. The van der Waals surface area contributed by atoms with Gasteiger partial charge >= 0.3 is 0 Å². The Hall–Kier alpha value is -0.650. The predicted octanol–water partition coefficient (Wildman–Crippen LogP) is 2.45. The van der Waals surface area contributed by atoms with Crippen LogP contribution >= 0.6 is 12.4 Å². The van der Waals surface area contributed by atoms with Crippen LogP contribution < -0.4 is 5.73 Å². The second-order valence-electron chi connectivity index (χ2n) is 6.05. The first-order valence-corrected chi connectivity index (χ1v) is 7.42. The number of aromatic nitrogens is 2. The summed E-state index contributed by atoms with van der Waals surface area (Å²) in [5.41, 5.74) is 6.19. The third-order valence-electron chi connectivity index (χ3n) is 4.65. The summed E-state index contributed by atoms with van der Waals surface area (Å²) in [6.45, 7) is 2.25. The van der Waals surface area contributed by atoms with E-state index in [1.165, 1.54) is 32.1 Å². The van der Waals surface area contributed by atoms with Gasteiger partial charge in [-0.1, -0.05) is 24.4 Å². The van der Waals surface area contributed by atoms with Gasteiger partial charge in [-0.05, 0) is 31.2 Å². The smallest absolute Gasteiger partial charge is 0.227 e. The van der Waals surface area contributed by atoms with Crippen LogP contribution in [0.2, 0.25) is 0 Å². The molecule has 114 valence electrons. The van der Waals surface area contributed by atoms with E-state index in [1.807, 2.05) is 0 Å². The standard InChI is InChI=1S/C14H23N3O2.ClH/c15-10-14(5-2-1-3-6-14)8-12-16-13(17-19-12)11-4-7-18-9-11;/h11H,1-10,15H2;1H. The highest BCUT2D eigenvalue weighted by atomic mass is 35.5. The van der Waals surface area contributed by atoms with E-state index in [-0.39, 0.29) is 17.8 Å². The van der Waals surface area contributed by atoms with Crippen LogP contribution in [0.5, 0.6) is 0 Å². The molecule has 5 nitrogen and oxygen atoms in total. The Morgan fingerprint density at radius 1 is 1.25 bits per heavy atom. The molecule has 0 amide bonds. The molecular weight excluding hydrogens is 278 g/mol. The summed E-state index contributed by atoms with van der Waals surface area (Å²) < 4.78 is 10.8. The summed E-state index contributed by atoms with van der Waals surface area (Å²) in [7, 11) is 0. The van der Waals surface area contributed by atoms with E-state index in [0.29, 0.717) is 5.92 Å². The SMILES string of the molecule is Cl.NCC1(Cc2nc(C3CCOC3)no2)CCCCC1. The van der Waals surface area contributed by atoms with Crippen LogP contribution in [0.15, 0.2) is 4.52 Å². The Balaban J connectivity index is 0.00000147. The molecule has 1 aliphatic heterocycles. The molecule has 6 heteroatoms. The third-order valence-corrected chi connectivity index (χ3v) is 4.65. The number of rotatable bonds is 4. The Kier molecular flexibility index (Phi) is 5.41. The number of nitrogens with two attached hydrogens (primary N) is 1. The van der Waals surface area contributed by atoms with E-state index >= 15 is 0 Å². The summed E-state index contributed by atoms with van der Waals surface area (Å²) in [5, 5.41) is 4.12. The van der Waals surface area contributed by atoms with Gasteiger partial charge in [0.2, 0.25) is 5.89 Å². The van der Waals surface area contributed by atoms with Gasteiger partial charge in [-0.25, -0.2) is 0 Å². The summed E-state index contributed by atoms with van der Waals surface area (Å²) in [5.74, 6) is 1.89. The molecule has 2 N–H and O–H groups in total. The largest absolute Gasteiger partial charge is 0.381 e. The minimum Gasteiger partial charge on any atom is -0.381 e. The molecule has 0 bridgehead atoms. The van der Waals surface area contributed by atoms with Crippen LogP contribution in [-0.2, 0) is 11.2 Å². The van der Waals surface area contributed by atoms with E-state index in [0.717, 1.165) is 44.3 Å². The Morgan fingerprint density at radius 2 is 2.05 bits per heavy atom. The van der Waals surface area contributed by atoms with Crippen molar-refractivity contribution < 1.29 is 9.26 Å². The summed E-state index contributed by atoms with van der Waals surface area (Å²) in [6, 6.07) is 0. The molecule has 1 atom stereocenters. The molecular formula is C14H24ClN3O2. The van der Waals surface area contributed by atoms with Gasteiger partial charge < -0.3 is 15.0 Å². The molecule has 3 rings (SSSR count). The van der Waals surface area contributed by atoms with Crippen molar-refractivity contribution >= 4 is 12.4 Å². The highest BCUT2D eigenvalue weighted by Gasteiger charge is 2.33. The fraction of sp³-hybridized carbons (Fsp3) is 0.857. The van der Waals surface area contributed by atoms with Crippen LogP contribution in [-0.4, -0.2) is 29.9 Å². The summed E-state index contributed by atoms with van der Waals surface area (Å²) in [6.07, 6.45) is 8.09. The minimum atomic E-state index is 0. The minimum absolute atomic E-state index is 0. The number of halogens is 1. The van der Waals surface area contributed by atoms with Crippen molar-refractivity contribution in [3.63, 3.8) is 0 Å². The number of hydrogen-bond donors (Lipinski definition) is 1. The van der Waals surface area contributed by atoms with Crippen LogP contribution in [0.3, 0.4) is 0 Å². The van der Waals surface area contributed by atoms with Gasteiger partial charge in [-0.15, -0.1) is 12.4 Å². The summed E-state index contributed by atoms with van der Waals surface area (Å²) >= 11 is 0. The Labute approximate surface area is 126 Å². The fourth-order valence-corrected chi connectivity index (χ4v) is 3.32. The highest BCUT2D eigenvalue weighted by molar-refractivity contribution is 5.85. The molecule has 0 aromatic carbocycles. The van der Waals surface area contributed by atoms with Gasteiger partial charge in [-0.2, -0.15) is 4.98 Å². The van der Waals surface area contributed by atoms with E-state index in [4.69, 9.17) is 15.0 Å². The average molecular weight is 302 g/mol. The second kappa shape index (κ2) is 6.87. The lowest BCUT2D eigenvalue weighted by molar-refractivity contribution is 0.177. The van der Waals surface area contributed by atoms with Crippen LogP contribution in [0.4, 0.5) is 0 Å². The maximum atomic E-state index is 6.01. The number of hydrogen-bond acceptors (Lipinski definition) is 5. The van der Waals surface area contributed by atoms with Gasteiger partial charge in [-0.3, -0.25) is 0 Å². The molecule has 1 aromatic rings. The average Bonchev–Trinajstić information content (AvgIpc) is 3.10. The Morgan fingerprint density at radius 3 is 2.70 bits per heavy atom. The maximum absolute atomic E-state index is 6.01. The molecule has 1 aliphatic carbocycles. The first-order valence-electron chi connectivity index (χ1n) is 7.42. The maximum Gasteiger partial charge on any atom is 0.227 e. The first kappa shape index (κ1) is 15.7. The molecule has 2 heterocycles. The van der Waals surface area contributed by atoms with Gasteiger partial charge in [0.1, 0.15) is 0 Å². The fourth-order valence-electron chi connectivity index (χ4n) is 3.32. The monoisotopic (exact) mass is 301 g/mol. The third kappa shape index (κ3) is 3.32. The normalized spacial score (nSPS) is 25.4. The first-order chi connectivity index (χ1) is 9.31. The van der Waals surface area contributed by atoms with Crippen molar-refractivity contribution in [1.29, 1.82) is 0 Å². The summed E-state index contributed by atoms with van der Waals surface area (Å²) in [4.78, 5) is 4.57. The van der Waals surface area contributed by atoms with Gasteiger partial charge in [0.05, 0.1) is 6.61 Å². The van der Waals surface area contributed by atoms with E-state index in [2.05, 4.69) is 10.1 Å². The predicted molar refractivity (Wildman–Crippen MR) is 78.0 cm³/mol. The van der Waals surface area contributed by atoms with Crippen molar-refractivity contribution in [3.8, 4) is 0 Å². The van der Waals surface area contributed by atoms with Crippen molar-refractivity contribution in [2.75, 3.05) is 19.8 Å². The zero-order valence-corrected chi connectivity index (χ0v) is 12.7. The number of nitrogens with zero attached hydrogens (tertiary/aromatic N) is 2. The molecule has 2 aliphatic rings. The van der Waals surface area contributed by atoms with Crippen molar-refractivity contribution in [1.82, 2.24) is 10.1 Å². The van der Waals surface area contributed by atoms with Crippen molar-refractivity contribution in [3.05, 3.63) is 11.7 Å². The Bertz CT molecular complexity index is 412. The van der Waals surface area contributed by atoms with Gasteiger partial charge in [0.25, 0.3) is 0 Å². The lowest BCUT2D eigenvalue weighted by Gasteiger charge is -2.34. The molecule has 0 spiro atoms.